The van der Waals surface area contributed by atoms with Crippen LogP contribution in [0.1, 0.15) is 32.1 Å². The zero-order valence-electron chi connectivity index (χ0n) is 12.3. The van der Waals surface area contributed by atoms with Gasteiger partial charge in [0.15, 0.2) is 0 Å². The highest BCUT2D eigenvalue weighted by Gasteiger charge is 2.67. The zero-order valence-corrected chi connectivity index (χ0v) is 12.3. The van der Waals surface area contributed by atoms with E-state index in [0.717, 1.165) is 12.8 Å². The lowest BCUT2D eigenvalue weighted by Crippen LogP contribution is -2.42. The van der Waals surface area contributed by atoms with Crippen LogP contribution in [0.25, 0.3) is 0 Å². The van der Waals surface area contributed by atoms with Crippen molar-refractivity contribution in [2.24, 2.45) is 11.8 Å². The number of hydrogen-bond donors (Lipinski definition) is 0. The van der Waals surface area contributed by atoms with E-state index in [-0.39, 0.29) is 23.9 Å². The largest absolute Gasteiger partial charge is 0.469 e. The fourth-order valence-electron chi connectivity index (χ4n) is 4.64. The monoisotopic (exact) mass is 291 g/mol. The normalized spacial score (nSPS) is 41.7. The molecule has 21 heavy (non-hydrogen) atoms. The van der Waals surface area contributed by atoms with Crippen LogP contribution in [0.5, 0.6) is 0 Å². The molecular formula is C16H21NO4. The summed E-state index contributed by atoms with van der Waals surface area (Å²) in [6.45, 7) is 0.599. The fourth-order valence-corrected chi connectivity index (χ4v) is 4.64. The van der Waals surface area contributed by atoms with Gasteiger partial charge in [0.1, 0.15) is 11.5 Å². The van der Waals surface area contributed by atoms with E-state index in [4.69, 9.17) is 9.47 Å². The number of ether oxygens (including phenoxy) is 2. The van der Waals surface area contributed by atoms with Crippen molar-refractivity contribution in [2.75, 3.05) is 13.7 Å². The van der Waals surface area contributed by atoms with Gasteiger partial charge in [0.2, 0.25) is 5.91 Å². The van der Waals surface area contributed by atoms with E-state index >= 15 is 0 Å². The average Bonchev–Trinajstić information content (AvgIpc) is 3.16. The van der Waals surface area contributed by atoms with Crippen LogP contribution in [0.4, 0.5) is 0 Å². The van der Waals surface area contributed by atoms with Crippen LogP contribution >= 0.6 is 0 Å². The summed E-state index contributed by atoms with van der Waals surface area (Å²) in [5.74, 6) is -1.10. The van der Waals surface area contributed by atoms with E-state index in [9.17, 15) is 9.59 Å². The lowest BCUT2D eigenvalue weighted by molar-refractivity contribution is -0.151. The first kappa shape index (κ1) is 13.3. The van der Waals surface area contributed by atoms with Crippen molar-refractivity contribution in [2.45, 2.75) is 49.9 Å². The molecule has 4 atom stereocenters. The molecule has 2 bridgehead atoms. The SMILES string of the molecule is COC(=O)[C@@H]1[C@H]2C(=O)N(C3CCCCC3)C[C@@]23C=C[C@H]1O3. The highest BCUT2D eigenvalue weighted by Crippen LogP contribution is 2.53. The summed E-state index contributed by atoms with van der Waals surface area (Å²) in [7, 11) is 1.38. The first-order valence-corrected chi connectivity index (χ1v) is 7.92. The second kappa shape index (κ2) is 4.57. The summed E-state index contributed by atoms with van der Waals surface area (Å²) in [6, 6.07) is 0.320. The summed E-state index contributed by atoms with van der Waals surface area (Å²) in [5.41, 5.74) is -0.585. The summed E-state index contributed by atoms with van der Waals surface area (Å²) >= 11 is 0. The Balaban J connectivity index is 1.63. The third kappa shape index (κ3) is 1.73. The highest BCUT2D eigenvalue weighted by molar-refractivity contribution is 5.91. The number of likely N-dealkylation sites (tertiary alicyclic amines) is 1. The molecule has 0 aromatic carbocycles. The third-order valence-corrected chi connectivity index (χ3v) is 5.62. The number of carbonyl (C=O) groups excluding carboxylic acids is 2. The predicted molar refractivity (Wildman–Crippen MR) is 74.3 cm³/mol. The number of amides is 1. The molecule has 1 saturated carbocycles. The smallest absolute Gasteiger partial charge is 0.312 e. The molecule has 4 rings (SSSR count). The second-order valence-corrected chi connectivity index (χ2v) is 6.68. The minimum atomic E-state index is -0.585. The molecule has 5 heteroatoms. The fraction of sp³-hybridized carbons (Fsp3) is 0.750. The number of nitrogens with zero attached hydrogens (tertiary/aromatic N) is 1. The number of fused-ring (bicyclic) bond motifs is 1. The van der Waals surface area contributed by atoms with Crippen LogP contribution in [-0.4, -0.2) is 48.2 Å². The first-order valence-electron chi connectivity index (χ1n) is 7.92. The van der Waals surface area contributed by atoms with Crippen LogP contribution in [0, 0.1) is 11.8 Å². The summed E-state index contributed by atoms with van der Waals surface area (Å²) in [6.07, 6.45) is 9.42. The maximum atomic E-state index is 12.9. The van der Waals surface area contributed by atoms with Crippen LogP contribution in [0.15, 0.2) is 12.2 Å². The number of hydrogen-bond acceptors (Lipinski definition) is 4. The number of carbonyl (C=O) groups is 2. The molecule has 1 spiro atoms. The first-order chi connectivity index (χ1) is 10.2. The lowest BCUT2D eigenvalue weighted by atomic mass is 9.77. The van der Waals surface area contributed by atoms with Crippen molar-refractivity contribution < 1.29 is 19.1 Å². The van der Waals surface area contributed by atoms with Crippen molar-refractivity contribution in [3.8, 4) is 0 Å². The molecule has 3 aliphatic heterocycles. The number of esters is 1. The standard InChI is InChI=1S/C16H21NO4/c1-20-15(19)12-11-7-8-16(21-11)9-17(14(18)13(12)16)10-5-3-2-4-6-10/h7-8,10-13H,2-6,9H2,1H3/t11-,12+,13+,16+/m1/s1. The van der Waals surface area contributed by atoms with Crippen molar-refractivity contribution >= 4 is 11.9 Å². The third-order valence-electron chi connectivity index (χ3n) is 5.62. The topological polar surface area (TPSA) is 55.8 Å². The lowest BCUT2D eigenvalue weighted by Gasteiger charge is -2.32. The van der Waals surface area contributed by atoms with E-state index in [1.54, 1.807) is 0 Å². The molecule has 1 aliphatic carbocycles. The van der Waals surface area contributed by atoms with Crippen LogP contribution in [0.2, 0.25) is 0 Å². The summed E-state index contributed by atoms with van der Waals surface area (Å²) in [5, 5.41) is 0. The zero-order chi connectivity index (χ0) is 14.6. The quantitative estimate of drug-likeness (QED) is 0.568. The Labute approximate surface area is 124 Å². The Bertz CT molecular complexity index is 510. The molecular weight excluding hydrogens is 270 g/mol. The molecule has 0 aromatic heterocycles. The summed E-state index contributed by atoms with van der Waals surface area (Å²) < 4.78 is 10.9. The van der Waals surface area contributed by atoms with E-state index < -0.39 is 11.5 Å². The van der Waals surface area contributed by atoms with Gasteiger partial charge in [0.25, 0.3) is 0 Å². The molecule has 4 aliphatic rings. The molecule has 2 saturated heterocycles. The van der Waals surface area contributed by atoms with Gasteiger partial charge >= 0.3 is 5.97 Å². The Morgan fingerprint density at radius 1 is 1.38 bits per heavy atom. The van der Waals surface area contributed by atoms with Gasteiger partial charge in [-0.3, -0.25) is 9.59 Å². The van der Waals surface area contributed by atoms with Gasteiger partial charge in [-0.25, -0.2) is 0 Å². The molecule has 114 valence electrons. The molecule has 1 amide bonds. The maximum Gasteiger partial charge on any atom is 0.312 e. The van der Waals surface area contributed by atoms with E-state index in [1.807, 2.05) is 17.1 Å². The molecule has 3 heterocycles. The van der Waals surface area contributed by atoms with Crippen molar-refractivity contribution in [1.82, 2.24) is 4.90 Å². The molecule has 0 aromatic rings. The minimum Gasteiger partial charge on any atom is -0.469 e. The molecule has 5 nitrogen and oxygen atoms in total. The molecule has 0 unspecified atom stereocenters. The number of methoxy groups -OCH3 is 1. The molecule has 0 radical (unpaired) electrons. The van der Waals surface area contributed by atoms with Gasteiger partial charge < -0.3 is 14.4 Å². The van der Waals surface area contributed by atoms with Crippen molar-refractivity contribution in [1.29, 1.82) is 0 Å². The Hall–Kier alpha value is -1.36. The predicted octanol–water partition coefficient (Wildman–Crippen LogP) is 1.27. The van der Waals surface area contributed by atoms with Crippen LogP contribution < -0.4 is 0 Å². The van der Waals surface area contributed by atoms with Crippen molar-refractivity contribution in [3.05, 3.63) is 12.2 Å². The van der Waals surface area contributed by atoms with Crippen LogP contribution in [0.3, 0.4) is 0 Å². The number of rotatable bonds is 2. The van der Waals surface area contributed by atoms with E-state index in [2.05, 4.69) is 0 Å². The van der Waals surface area contributed by atoms with Gasteiger partial charge in [0.05, 0.1) is 25.7 Å². The maximum absolute atomic E-state index is 12.9. The Morgan fingerprint density at radius 2 is 2.14 bits per heavy atom. The Kier molecular flexibility index (Phi) is 2.89. The second-order valence-electron chi connectivity index (χ2n) is 6.68. The van der Waals surface area contributed by atoms with Gasteiger partial charge in [-0.2, -0.15) is 0 Å². The van der Waals surface area contributed by atoms with Gasteiger partial charge in [-0.15, -0.1) is 0 Å². The van der Waals surface area contributed by atoms with E-state index in [1.165, 1.54) is 26.4 Å². The van der Waals surface area contributed by atoms with Crippen LogP contribution in [-0.2, 0) is 19.1 Å². The minimum absolute atomic E-state index is 0.0872. The van der Waals surface area contributed by atoms with E-state index in [0.29, 0.717) is 12.6 Å². The van der Waals surface area contributed by atoms with Gasteiger partial charge in [-0.05, 0) is 12.8 Å². The Morgan fingerprint density at radius 3 is 2.86 bits per heavy atom. The average molecular weight is 291 g/mol. The van der Waals surface area contributed by atoms with Gasteiger partial charge in [0, 0.05) is 6.04 Å². The molecule has 3 fully saturated rings. The molecule has 0 N–H and O–H groups in total. The summed E-state index contributed by atoms with van der Waals surface area (Å²) in [4.78, 5) is 26.9. The van der Waals surface area contributed by atoms with Gasteiger partial charge in [-0.1, -0.05) is 31.4 Å². The van der Waals surface area contributed by atoms with Crippen molar-refractivity contribution in [3.63, 3.8) is 0 Å². The highest BCUT2D eigenvalue weighted by atomic mass is 16.5.